The molecule has 5 rings (SSSR count). The maximum atomic E-state index is 12.8. The van der Waals surface area contributed by atoms with Gasteiger partial charge in [0.2, 0.25) is 0 Å². The van der Waals surface area contributed by atoms with Crippen molar-refractivity contribution in [3.63, 3.8) is 0 Å². The molecule has 0 aliphatic heterocycles. The van der Waals surface area contributed by atoms with E-state index in [0.717, 1.165) is 49.3 Å². The highest BCUT2D eigenvalue weighted by Gasteiger charge is 2.55. The molecule has 4 aliphatic carbocycles. The van der Waals surface area contributed by atoms with E-state index < -0.39 is 5.60 Å². The van der Waals surface area contributed by atoms with E-state index in [2.05, 4.69) is 22.2 Å². The van der Waals surface area contributed by atoms with Crippen LogP contribution in [0.5, 0.6) is 0 Å². The van der Waals surface area contributed by atoms with Gasteiger partial charge in [-0.1, -0.05) is 20.8 Å². The first kappa shape index (κ1) is 19.6. The van der Waals surface area contributed by atoms with Crippen LogP contribution in [0.4, 0.5) is 0 Å². The maximum absolute atomic E-state index is 12.8. The first-order valence-corrected chi connectivity index (χ1v) is 11.0. The Morgan fingerprint density at radius 3 is 2.62 bits per heavy atom. The van der Waals surface area contributed by atoms with Gasteiger partial charge in [-0.15, -0.1) is 11.8 Å². The van der Waals surface area contributed by atoms with Crippen molar-refractivity contribution in [2.45, 2.75) is 76.0 Å². The Bertz CT molecular complexity index is 623. The monoisotopic (exact) mass is 377 g/mol. The third-order valence-electron chi connectivity index (χ3n) is 5.90. The van der Waals surface area contributed by atoms with Crippen LogP contribution in [-0.4, -0.2) is 38.4 Å². The van der Waals surface area contributed by atoms with E-state index in [4.69, 9.17) is 0 Å². The summed E-state index contributed by atoms with van der Waals surface area (Å²) in [6.07, 6.45) is 9.12. The summed E-state index contributed by atoms with van der Waals surface area (Å²) in [5, 5.41) is 14.7. The molecule has 144 valence electrons. The molecule has 0 radical (unpaired) electrons. The van der Waals surface area contributed by atoms with Crippen molar-refractivity contribution in [2.75, 3.05) is 5.75 Å². The number of hydrogen-bond acceptors (Lipinski definition) is 5. The summed E-state index contributed by atoms with van der Waals surface area (Å²) in [6.45, 7) is 6.12. The topological polar surface area (TPSA) is 75.1 Å². The highest BCUT2D eigenvalue weighted by atomic mass is 32.2. The minimum atomic E-state index is -0.463. The van der Waals surface area contributed by atoms with Gasteiger partial charge in [-0.05, 0) is 62.0 Å². The third-order valence-corrected chi connectivity index (χ3v) is 7.11. The average Bonchev–Trinajstić information content (AvgIpc) is 2.63. The fraction of sp³-hybridized carbons (Fsp3) is 0.750. The molecule has 4 fully saturated rings. The van der Waals surface area contributed by atoms with Crippen LogP contribution >= 0.6 is 11.8 Å². The lowest BCUT2D eigenvalue weighted by Gasteiger charge is -2.58. The number of aliphatic hydroxyl groups is 1. The smallest absolute Gasteiger partial charge is 0.255 e. The van der Waals surface area contributed by atoms with Gasteiger partial charge in [-0.2, -0.15) is 0 Å². The number of thioether (sulfide) groups is 1. The number of nitrogens with zero attached hydrogens (tertiary/aromatic N) is 2. The number of carbonyl (C=O) groups excluding carboxylic acids is 1. The zero-order valence-corrected chi connectivity index (χ0v) is 16.9. The minimum Gasteiger partial charge on any atom is -0.390 e. The molecule has 6 heteroatoms. The number of nitrogens with one attached hydrogen (secondary N) is 1. The van der Waals surface area contributed by atoms with Gasteiger partial charge in [0.25, 0.3) is 5.91 Å². The Kier molecular flexibility index (Phi) is 6.23. The average molecular weight is 378 g/mol. The summed E-state index contributed by atoms with van der Waals surface area (Å²) < 4.78 is 0. The van der Waals surface area contributed by atoms with Crippen molar-refractivity contribution < 1.29 is 9.90 Å². The number of hydrogen-bond donors (Lipinski definition) is 2. The summed E-state index contributed by atoms with van der Waals surface area (Å²) in [5.74, 6) is 2.37. The number of aromatic nitrogens is 2. The van der Waals surface area contributed by atoms with Gasteiger partial charge < -0.3 is 10.4 Å². The second kappa shape index (κ2) is 8.26. The summed E-state index contributed by atoms with van der Waals surface area (Å²) in [5.41, 5.74) is 0.124. The van der Waals surface area contributed by atoms with Crippen molar-refractivity contribution in [1.82, 2.24) is 15.3 Å². The van der Waals surface area contributed by atoms with Crippen molar-refractivity contribution in [3.05, 3.63) is 18.1 Å². The van der Waals surface area contributed by atoms with Gasteiger partial charge in [0.1, 0.15) is 11.4 Å². The molecular weight excluding hydrogens is 346 g/mol. The van der Waals surface area contributed by atoms with Gasteiger partial charge in [-0.3, -0.25) is 4.79 Å². The van der Waals surface area contributed by atoms with Crippen LogP contribution in [0.3, 0.4) is 0 Å². The van der Waals surface area contributed by atoms with Crippen LogP contribution in [0.1, 0.15) is 69.7 Å². The molecular formula is C20H31N3O2S. The molecule has 26 heavy (non-hydrogen) atoms. The molecule has 5 nitrogen and oxygen atoms in total. The van der Waals surface area contributed by atoms with Crippen molar-refractivity contribution in [1.29, 1.82) is 0 Å². The Morgan fingerprint density at radius 1 is 1.31 bits per heavy atom. The fourth-order valence-electron chi connectivity index (χ4n) is 5.23. The molecule has 0 saturated heterocycles. The summed E-state index contributed by atoms with van der Waals surface area (Å²) >= 11 is 1.61. The molecule has 4 saturated carbocycles. The van der Waals surface area contributed by atoms with E-state index in [0.29, 0.717) is 23.3 Å². The second-order valence-electron chi connectivity index (χ2n) is 7.78. The molecule has 2 unspecified atom stereocenters. The van der Waals surface area contributed by atoms with E-state index in [-0.39, 0.29) is 11.9 Å². The molecule has 1 aromatic rings. The van der Waals surface area contributed by atoms with Gasteiger partial charge >= 0.3 is 0 Å². The zero-order chi connectivity index (χ0) is 18.7. The predicted octanol–water partition coefficient (Wildman–Crippen LogP) is 3.67. The Labute approximate surface area is 160 Å². The van der Waals surface area contributed by atoms with E-state index in [9.17, 15) is 9.90 Å². The molecule has 1 amide bonds. The molecule has 1 aromatic heterocycles. The Hall–Kier alpha value is -1.14. The lowest BCUT2D eigenvalue weighted by Crippen LogP contribution is -2.61. The molecule has 2 atom stereocenters. The maximum Gasteiger partial charge on any atom is 0.255 e. The molecule has 1 heterocycles. The summed E-state index contributed by atoms with van der Waals surface area (Å²) in [7, 11) is 0. The zero-order valence-electron chi connectivity index (χ0n) is 16.1. The van der Waals surface area contributed by atoms with Crippen LogP contribution in [0.25, 0.3) is 0 Å². The summed E-state index contributed by atoms with van der Waals surface area (Å²) in [4.78, 5) is 21.2. The van der Waals surface area contributed by atoms with E-state index in [1.807, 2.05) is 13.8 Å². The number of amides is 1. The quantitative estimate of drug-likeness (QED) is 0.605. The number of carbonyl (C=O) groups is 1. The predicted molar refractivity (Wildman–Crippen MR) is 104 cm³/mol. The van der Waals surface area contributed by atoms with E-state index in [1.54, 1.807) is 18.0 Å². The minimum absolute atomic E-state index is 0.0568. The Morgan fingerprint density at radius 2 is 2.00 bits per heavy atom. The lowest BCUT2D eigenvalue weighted by atomic mass is 9.52. The number of rotatable bonds is 5. The van der Waals surface area contributed by atoms with Crippen LogP contribution in [-0.2, 0) is 0 Å². The van der Waals surface area contributed by atoms with Gasteiger partial charge in [-0.25, -0.2) is 9.97 Å². The van der Waals surface area contributed by atoms with Crippen LogP contribution in [0, 0.1) is 17.8 Å². The van der Waals surface area contributed by atoms with E-state index in [1.165, 1.54) is 6.33 Å². The molecule has 0 aromatic carbocycles. The van der Waals surface area contributed by atoms with Crippen molar-refractivity contribution >= 4 is 17.7 Å². The molecule has 4 bridgehead atoms. The highest BCUT2D eigenvalue weighted by molar-refractivity contribution is 7.99. The van der Waals surface area contributed by atoms with Crippen LogP contribution in [0.2, 0.25) is 0 Å². The summed E-state index contributed by atoms with van der Waals surface area (Å²) in [6, 6.07) is 0.193. The first-order chi connectivity index (χ1) is 12.6. The standard InChI is InChI=1S/C18H25N3O2S.C2H6/c1-2-3-24-17-14(9-19-10-20-17)16(22)21-15-12-4-11-5-13(15)8-18(23,6-11)7-12;1-2/h9-13,15,23H,2-8H2,1H3,(H,21,22);1-2H3. The molecule has 4 aliphatic rings. The lowest BCUT2D eigenvalue weighted by molar-refractivity contribution is -0.136. The van der Waals surface area contributed by atoms with Gasteiger partial charge in [0.05, 0.1) is 11.2 Å². The Balaban J connectivity index is 0.000000948. The molecule has 0 spiro atoms. The first-order valence-electron chi connectivity index (χ1n) is 10.0. The van der Waals surface area contributed by atoms with Crippen molar-refractivity contribution in [2.24, 2.45) is 17.8 Å². The SMILES string of the molecule is CC.CCCSc1ncncc1C(=O)NC1C2CC3CC1CC(O)(C3)C2. The normalized spacial score (nSPS) is 34.2. The van der Waals surface area contributed by atoms with Gasteiger partial charge in [0, 0.05) is 12.2 Å². The van der Waals surface area contributed by atoms with Crippen LogP contribution < -0.4 is 5.32 Å². The fourth-order valence-corrected chi connectivity index (χ4v) is 6.05. The van der Waals surface area contributed by atoms with E-state index >= 15 is 0 Å². The van der Waals surface area contributed by atoms with Crippen molar-refractivity contribution in [3.8, 4) is 0 Å². The van der Waals surface area contributed by atoms with Gasteiger partial charge in [0.15, 0.2) is 0 Å². The van der Waals surface area contributed by atoms with Crippen LogP contribution in [0.15, 0.2) is 17.6 Å². The highest BCUT2D eigenvalue weighted by Crippen LogP contribution is 2.55. The third kappa shape index (κ3) is 3.91. The second-order valence-corrected chi connectivity index (χ2v) is 8.87. The largest absolute Gasteiger partial charge is 0.390 e. The molecule has 2 N–H and O–H groups in total.